The van der Waals surface area contributed by atoms with Crippen molar-refractivity contribution in [2.75, 3.05) is 0 Å². The molecule has 0 amide bonds. The van der Waals surface area contributed by atoms with Crippen molar-refractivity contribution in [2.24, 2.45) is 0 Å². The van der Waals surface area contributed by atoms with Crippen molar-refractivity contribution in [2.45, 2.75) is 55.4 Å². The molecule has 21 rings (SSSR count). The smallest absolute Gasteiger partial charge is 0.0541 e. The molecule has 0 aliphatic carbocycles. The van der Waals surface area contributed by atoms with Gasteiger partial charge in [-0.25, -0.2) is 0 Å². The van der Waals surface area contributed by atoms with Gasteiger partial charge in [0, 0.05) is 32.9 Å². The largest absolute Gasteiger partial charge is 0.309 e. The highest BCUT2D eigenvalue weighted by atomic mass is 15.0. The highest BCUT2D eigenvalue weighted by molar-refractivity contribution is 6.24. The number of aromatic nitrogens is 2. The number of para-hydroxylation sites is 4. The SMILES string of the molecule is Cc1cc2c(-c3ccc(-c4ccc(-c5ccccc5)cc4)cc3)c3cc(C)c(C)cc3c(-c3ccc(-c4ccc5c(c4)c4ccccc4n5-c4ccccc4)cc3)c2cc1C.Cc1cc2c(-c3ccc(-c4ccccc4)cc3)c3cc(C)c(C)cc3c(-c3ccc(-c4ccc5c(c4)c4ccccc4n5-c4ccccc4)cc3)c2cc1C. The number of aryl methyl sites for hydroxylation is 8. The first kappa shape index (κ1) is 70.9. The summed E-state index contributed by atoms with van der Waals surface area (Å²) in [6.45, 7) is 17.9. The predicted octanol–water partition coefficient (Wildman–Crippen LogP) is 31.7. The fourth-order valence-corrected chi connectivity index (χ4v) is 18.2. The average Bonchev–Trinajstić information content (AvgIpc) is 1.10. The van der Waals surface area contributed by atoms with E-state index < -0.39 is 0 Å². The molecule has 0 N–H and O–H groups in total. The minimum atomic E-state index is 1.18. The molecule has 0 aliphatic heterocycles. The van der Waals surface area contributed by atoms with E-state index in [1.807, 2.05) is 0 Å². The van der Waals surface area contributed by atoms with Crippen LogP contribution < -0.4 is 0 Å². The number of rotatable bonds is 11. The van der Waals surface area contributed by atoms with Crippen LogP contribution in [-0.4, -0.2) is 9.13 Å². The maximum atomic E-state index is 2.42. The second kappa shape index (κ2) is 29.1. The van der Waals surface area contributed by atoms with Crippen LogP contribution >= 0.6 is 0 Å². The van der Waals surface area contributed by atoms with Crippen LogP contribution in [-0.2, 0) is 0 Å². The first-order chi connectivity index (χ1) is 56.8. The van der Waals surface area contributed by atoms with Crippen molar-refractivity contribution in [3.8, 4) is 112 Å². The summed E-state index contributed by atoms with van der Waals surface area (Å²) in [6.07, 6.45) is 0. The molecule has 0 fully saturated rings. The van der Waals surface area contributed by atoms with Gasteiger partial charge >= 0.3 is 0 Å². The monoisotopic (exact) mass is 1480 g/mol. The summed E-state index contributed by atoms with van der Waals surface area (Å²) in [5, 5.41) is 15.4. The highest BCUT2D eigenvalue weighted by Gasteiger charge is 2.24. The van der Waals surface area contributed by atoms with Crippen molar-refractivity contribution in [1.29, 1.82) is 0 Å². The van der Waals surface area contributed by atoms with Crippen molar-refractivity contribution in [3.63, 3.8) is 0 Å². The van der Waals surface area contributed by atoms with Gasteiger partial charge in [0.25, 0.3) is 0 Å². The van der Waals surface area contributed by atoms with Crippen LogP contribution in [0.5, 0.6) is 0 Å². The quantitative estimate of drug-likeness (QED) is 0.114. The van der Waals surface area contributed by atoms with Crippen LogP contribution in [0.4, 0.5) is 0 Å². The molecule has 0 aliphatic rings. The second-order valence-electron chi connectivity index (χ2n) is 31.9. The molecule has 0 radical (unpaired) electrons. The third kappa shape index (κ3) is 12.4. The molecule has 0 spiro atoms. The Hall–Kier alpha value is -14.2. The third-order valence-electron chi connectivity index (χ3n) is 24.9. The summed E-state index contributed by atoms with van der Waals surface area (Å²) in [5.41, 5.74) is 40.0. The Labute approximate surface area is 678 Å². The molecule has 21 aromatic rings. The molecule has 0 bridgehead atoms. The highest BCUT2D eigenvalue weighted by Crippen LogP contribution is 2.50. The summed E-state index contributed by atoms with van der Waals surface area (Å²) in [6, 6.07) is 139. The Morgan fingerprint density at radius 3 is 0.560 bits per heavy atom. The summed E-state index contributed by atoms with van der Waals surface area (Å²) < 4.78 is 4.76. The van der Waals surface area contributed by atoms with Gasteiger partial charge in [-0.2, -0.15) is 0 Å². The Balaban J connectivity index is 0.000000150. The van der Waals surface area contributed by atoms with Crippen LogP contribution in [0.15, 0.2) is 376 Å². The normalized spacial score (nSPS) is 11.6. The van der Waals surface area contributed by atoms with Gasteiger partial charge in [-0.3, -0.25) is 0 Å². The molecule has 0 atom stereocenters. The lowest BCUT2D eigenvalue weighted by Gasteiger charge is -2.21. The molecule has 19 aromatic carbocycles. The van der Waals surface area contributed by atoms with E-state index in [-0.39, 0.29) is 0 Å². The first-order valence-electron chi connectivity index (χ1n) is 40.6. The molecular weight excluding hydrogens is 1400 g/mol. The maximum absolute atomic E-state index is 2.42. The van der Waals surface area contributed by atoms with Gasteiger partial charge in [0.2, 0.25) is 0 Å². The third-order valence-corrected chi connectivity index (χ3v) is 24.9. The van der Waals surface area contributed by atoms with Gasteiger partial charge in [0.1, 0.15) is 0 Å². The lowest BCUT2D eigenvalue weighted by Crippen LogP contribution is -1.95. The number of hydrogen-bond acceptors (Lipinski definition) is 0. The molecule has 0 saturated heterocycles. The molecule has 552 valence electrons. The molecule has 2 heteroatoms. The van der Waals surface area contributed by atoms with E-state index in [1.54, 1.807) is 0 Å². The fraction of sp³-hybridized carbons (Fsp3) is 0.0702. The molecule has 0 unspecified atom stereocenters. The Morgan fingerprint density at radius 1 is 0.129 bits per heavy atom. The zero-order chi connectivity index (χ0) is 78.4. The molecular formula is C114H86N2. The zero-order valence-corrected chi connectivity index (χ0v) is 66.7. The van der Waals surface area contributed by atoms with Crippen molar-refractivity contribution in [3.05, 3.63) is 421 Å². The van der Waals surface area contributed by atoms with E-state index >= 15 is 0 Å². The van der Waals surface area contributed by atoms with Gasteiger partial charge in [0.15, 0.2) is 0 Å². The fourth-order valence-electron chi connectivity index (χ4n) is 18.2. The minimum Gasteiger partial charge on any atom is -0.309 e. The molecule has 0 saturated carbocycles. The number of hydrogen-bond donors (Lipinski definition) is 0. The van der Waals surface area contributed by atoms with Crippen LogP contribution in [0, 0.1) is 55.4 Å². The van der Waals surface area contributed by atoms with E-state index in [1.165, 1.54) is 243 Å². The molecule has 2 nitrogen and oxygen atoms in total. The summed E-state index contributed by atoms with van der Waals surface area (Å²) in [4.78, 5) is 0. The summed E-state index contributed by atoms with van der Waals surface area (Å²) in [5.74, 6) is 0. The van der Waals surface area contributed by atoms with Crippen molar-refractivity contribution in [1.82, 2.24) is 9.13 Å². The lowest BCUT2D eigenvalue weighted by atomic mass is 9.83. The molecule has 116 heavy (non-hydrogen) atoms. The van der Waals surface area contributed by atoms with Gasteiger partial charge in [-0.15, -0.1) is 0 Å². The second-order valence-corrected chi connectivity index (χ2v) is 31.9. The van der Waals surface area contributed by atoms with Crippen LogP contribution in [0.1, 0.15) is 44.5 Å². The Kier molecular flexibility index (Phi) is 17.8. The van der Waals surface area contributed by atoms with Gasteiger partial charge in [-0.1, -0.05) is 315 Å². The van der Waals surface area contributed by atoms with E-state index in [0.717, 1.165) is 0 Å². The average molecular weight is 1480 g/mol. The van der Waals surface area contributed by atoms with E-state index in [0.29, 0.717) is 0 Å². The Morgan fingerprint density at radius 2 is 0.310 bits per heavy atom. The van der Waals surface area contributed by atoms with Gasteiger partial charge < -0.3 is 9.13 Å². The number of fused-ring (bicyclic) bond motifs is 10. The zero-order valence-electron chi connectivity index (χ0n) is 66.7. The van der Waals surface area contributed by atoms with Crippen LogP contribution in [0.2, 0.25) is 0 Å². The van der Waals surface area contributed by atoms with E-state index in [9.17, 15) is 0 Å². The van der Waals surface area contributed by atoms with Crippen LogP contribution in [0.25, 0.3) is 198 Å². The number of nitrogens with zero attached hydrogens (tertiary/aromatic N) is 2. The van der Waals surface area contributed by atoms with E-state index in [2.05, 4.69) is 441 Å². The number of benzene rings is 19. The topological polar surface area (TPSA) is 9.86 Å². The summed E-state index contributed by atoms with van der Waals surface area (Å²) >= 11 is 0. The maximum Gasteiger partial charge on any atom is 0.0541 e. The standard InChI is InChI=1S/C60H45N.C54H41N/c1-38-33-53-55(35-40(38)3)60(48-29-25-46(26-30-48)49-31-32-58-52(37-49)51-17-11-12-18-57(51)61(58)50-15-9-6-10-16-50)56-36-41(4)39(2)34-54(56)59(53)47-27-23-45(24-28-47)44-21-19-43(20-22-44)42-13-7-5-8-14-42;1-34-29-47-49(31-36(34)3)54(50-32-37(4)35(2)30-48(50)53(47)41-23-19-39(20-24-41)38-13-7-5-8-14-38)42-25-21-40(22-26-42)43-27-28-52-46(33-43)45-17-11-12-18-51(45)55(52)44-15-9-6-10-16-44/h5-37H,1-4H3;5-33H,1-4H3. The summed E-state index contributed by atoms with van der Waals surface area (Å²) in [7, 11) is 0. The van der Waals surface area contributed by atoms with Crippen LogP contribution in [0.3, 0.4) is 0 Å². The van der Waals surface area contributed by atoms with E-state index in [4.69, 9.17) is 0 Å². The van der Waals surface area contributed by atoms with Crippen molar-refractivity contribution < 1.29 is 0 Å². The predicted molar refractivity (Wildman–Crippen MR) is 498 cm³/mol. The molecule has 2 heterocycles. The van der Waals surface area contributed by atoms with Crippen molar-refractivity contribution >= 4 is 86.7 Å². The minimum absolute atomic E-state index is 1.18. The van der Waals surface area contributed by atoms with Gasteiger partial charge in [-0.05, 0) is 304 Å². The Bertz CT molecular complexity index is 7280. The lowest BCUT2D eigenvalue weighted by molar-refractivity contribution is 1.18. The molecule has 2 aromatic heterocycles. The van der Waals surface area contributed by atoms with Gasteiger partial charge in [0.05, 0.1) is 22.1 Å². The first-order valence-corrected chi connectivity index (χ1v) is 40.6.